The molecule has 0 unspecified atom stereocenters. The number of halogens is 1. The van der Waals surface area contributed by atoms with E-state index in [9.17, 15) is 19.7 Å². The van der Waals surface area contributed by atoms with E-state index in [0.29, 0.717) is 0 Å². The molecule has 90 valence electrons. The first-order valence-electron chi connectivity index (χ1n) is 4.35. The SMILES string of the molecule is O=C(O)CNC(=O)c1ccc([N+](=O)[O-])c(Cl)c1. The van der Waals surface area contributed by atoms with Gasteiger partial charge in [-0.3, -0.25) is 19.7 Å². The molecule has 0 saturated carbocycles. The first-order valence-corrected chi connectivity index (χ1v) is 4.73. The van der Waals surface area contributed by atoms with E-state index in [1.165, 1.54) is 6.07 Å². The van der Waals surface area contributed by atoms with Crippen molar-refractivity contribution in [3.8, 4) is 0 Å². The number of rotatable bonds is 4. The molecule has 8 heteroatoms. The normalized spacial score (nSPS) is 9.71. The van der Waals surface area contributed by atoms with Gasteiger partial charge in [0.1, 0.15) is 11.6 Å². The maximum absolute atomic E-state index is 11.4. The third-order valence-corrected chi connectivity index (χ3v) is 2.11. The minimum Gasteiger partial charge on any atom is -0.480 e. The average molecular weight is 259 g/mol. The van der Waals surface area contributed by atoms with Crippen molar-refractivity contribution < 1.29 is 19.6 Å². The quantitative estimate of drug-likeness (QED) is 0.620. The van der Waals surface area contributed by atoms with E-state index in [0.717, 1.165) is 12.1 Å². The number of nitrogens with one attached hydrogen (secondary N) is 1. The summed E-state index contributed by atoms with van der Waals surface area (Å²) in [5, 5.41) is 20.7. The van der Waals surface area contributed by atoms with Gasteiger partial charge in [-0.25, -0.2) is 0 Å². The van der Waals surface area contributed by atoms with Crippen LogP contribution < -0.4 is 5.32 Å². The summed E-state index contributed by atoms with van der Waals surface area (Å²) >= 11 is 5.59. The van der Waals surface area contributed by atoms with Gasteiger partial charge in [0.05, 0.1) is 4.92 Å². The van der Waals surface area contributed by atoms with Crippen LogP contribution in [0.3, 0.4) is 0 Å². The van der Waals surface area contributed by atoms with Crippen LogP contribution in [0, 0.1) is 10.1 Å². The van der Waals surface area contributed by atoms with Gasteiger partial charge in [-0.1, -0.05) is 11.6 Å². The highest BCUT2D eigenvalue weighted by molar-refractivity contribution is 6.33. The lowest BCUT2D eigenvalue weighted by Crippen LogP contribution is -2.29. The first kappa shape index (κ1) is 12.9. The molecular weight excluding hydrogens is 252 g/mol. The molecule has 0 atom stereocenters. The Hall–Kier alpha value is -2.15. The zero-order chi connectivity index (χ0) is 13.0. The van der Waals surface area contributed by atoms with Crippen molar-refractivity contribution in [3.63, 3.8) is 0 Å². The van der Waals surface area contributed by atoms with E-state index in [1.807, 2.05) is 0 Å². The fraction of sp³-hybridized carbons (Fsp3) is 0.111. The fourth-order valence-electron chi connectivity index (χ4n) is 1.05. The van der Waals surface area contributed by atoms with Gasteiger partial charge < -0.3 is 10.4 Å². The lowest BCUT2D eigenvalue weighted by Gasteiger charge is -2.02. The molecule has 0 bridgehead atoms. The topological polar surface area (TPSA) is 110 Å². The Morgan fingerprint density at radius 1 is 1.47 bits per heavy atom. The molecule has 2 N–H and O–H groups in total. The molecule has 0 aliphatic heterocycles. The fourth-order valence-corrected chi connectivity index (χ4v) is 1.30. The van der Waals surface area contributed by atoms with Crippen LogP contribution in [0.5, 0.6) is 0 Å². The summed E-state index contributed by atoms with van der Waals surface area (Å²) in [6, 6.07) is 3.39. The minimum absolute atomic E-state index is 0.0573. The second kappa shape index (κ2) is 5.26. The molecule has 0 aromatic heterocycles. The van der Waals surface area contributed by atoms with Crippen LogP contribution >= 0.6 is 11.6 Å². The van der Waals surface area contributed by atoms with Gasteiger partial charge >= 0.3 is 5.97 Å². The van der Waals surface area contributed by atoms with Crippen LogP contribution in [-0.2, 0) is 4.79 Å². The molecule has 0 saturated heterocycles. The van der Waals surface area contributed by atoms with Gasteiger partial charge in [-0.2, -0.15) is 0 Å². The maximum atomic E-state index is 11.4. The Labute approximate surface area is 100 Å². The van der Waals surface area contributed by atoms with Crippen LogP contribution in [-0.4, -0.2) is 28.5 Å². The van der Waals surface area contributed by atoms with Crippen molar-refractivity contribution in [1.29, 1.82) is 0 Å². The monoisotopic (exact) mass is 258 g/mol. The van der Waals surface area contributed by atoms with E-state index in [1.54, 1.807) is 0 Å². The number of carboxylic acid groups (broad SMARTS) is 1. The molecule has 7 nitrogen and oxygen atoms in total. The summed E-state index contributed by atoms with van der Waals surface area (Å²) < 4.78 is 0. The highest BCUT2D eigenvalue weighted by Gasteiger charge is 2.15. The summed E-state index contributed by atoms with van der Waals surface area (Å²) in [7, 11) is 0. The number of carboxylic acids is 1. The molecule has 0 heterocycles. The van der Waals surface area contributed by atoms with Crippen LogP contribution in [0.4, 0.5) is 5.69 Å². The number of amides is 1. The standard InChI is InChI=1S/C9H7ClN2O5/c10-6-3-5(1-2-7(6)12(16)17)9(15)11-4-8(13)14/h1-3H,4H2,(H,11,15)(H,13,14). The Bertz CT molecular complexity index is 488. The summed E-state index contributed by atoms with van der Waals surface area (Å²) in [5.74, 6) is -1.85. The van der Waals surface area contributed by atoms with Crippen molar-refractivity contribution in [2.75, 3.05) is 6.54 Å². The van der Waals surface area contributed by atoms with E-state index in [-0.39, 0.29) is 16.3 Å². The number of carbonyl (C=O) groups is 2. The molecule has 0 fully saturated rings. The van der Waals surface area contributed by atoms with Crippen molar-refractivity contribution in [2.24, 2.45) is 0 Å². The molecule has 1 rings (SSSR count). The molecule has 0 aliphatic rings. The molecular formula is C9H7ClN2O5. The molecule has 1 aromatic rings. The molecule has 17 heavy (non-hydrogen) atoms. The highest BCUT2D eigenvalue weighted by Crippen LogP contribution is 2.24. The van der Waals surface area contributed by atoms with Gasteiger partial charge in [0.25, 0.3) is 11.6 Å². The van der Waals surface area contributed by atoms with Gasteiger partial charge in [-0.05, 0) is 12.1 Å². The summed E-state index contributed by atoms with van der Waals surface area (Å²) in [5.41, 5.74) is -0.261. The maximum Gasteiger partial charge on any atom is 0.322 e. The molecule has 0 spiro atoms. The van der Waals surface area contributed by atoms with Gasteiger partial charge in [0, 0.05) is 11.6 Å². The molecule has 1 aromatic carbocycles. The number of carbonyl (C=O) groups excluding carboxylic acids is 1. The van der Waals surface area contributed by atoms with Gasteiger partial charge in [0.15, 0.2) is 0 Å². The number of aliphatic carboxylic acids is 1. The zero-order valence-electron chi connectivity index (χ0n) is 8.34. The number of nitro benzene ring substituents is 1. The van der Waals surface area contributed by atoms with Crippen LogP contribution in [0.15, 0.2) is 18.2 Å². The van der Waals surface area contributed by atoms with Crippen LogP contribution in [0.1, 0.15) is 10.4 Å². The van der Waals surface area contributed by atoms with Gasteiger partial charge in [0.2, 0.25) is 0 Å². The van der Waals surface area contributed by atoms with Crippen molar-refractivity contribution in [1.82, 2.24) is 5.32 Å². The smallest absolute Gasteiger partial charge is 0.322 e. The number of hydrogen-bond donors (Lipinski definition) is 2. The second-order valence-corrected chi connectivity index (χ2v) is 3.41. The third kappa shape index (κ3) is 3.42. The Morgan fingerprint density at radius 2 is 2.12 bits per heavy atom. The Balaban J connectivity index is 2.86. The zero-order valence-corrected chi connectivity index (χ0v) is 9.10. The number of nitro groups is 1. The summed E-state index contributed by atoms with van der Waals surface area (Å²) in [6.07, 6.45) is 0. The van der Waals surface area contributed by atoms with Crippen molar-refractivity contribution >= 4 is 29.2 Å². The lowest BCUT2D eigenvalue weighted by atomic mass is 10.2. The molecule has 0 aliphatic carbocycles. The number of benzene rings is 1. The number of nitrogens with zero attached hydrogens (tertiary/aromatic N) is 1. The summed E-state index contributed by atoms with van der Waals surface area (Å²) in [6.45, 7) is -0.534. The molecule has 1 amide bonds. The number of hydrogen-bond acceptors (Lipinski definition) is 4. The summed E-state index contributed by atoms with van der Waals surface area (Å²) in [4.78, 5) is 31.4. The predicted octanol–water partition coefficient (Wildman–Crippen LogP) is 1.06. The molecule has 0 radical (unpaired) electrons. The van der Waals surface area contributed by atoms with E-state index >= 15 is 0 Å². The van der Waals surface area contributed by atoms with Crippen molar-refractivity contribution in [2.45, 2.75) is 0 Å². The van der Waals surface area contributed by atoms with E-state index in [2.05, 4.69) is 5.32 Å². The van der Waals surface area contributed by atoms with Crippen LogP contribution in [0.2, 0.25) is 5.02 Å². The predicted molar refractivity (Wildman–Crippen MR) is 58.1 cm³/mol. The van der Waals surface area contributed by atoms with Crippen molar-refractivity contribution in [3.05, 3.63) is 38.9 Å². The van der Waals surface area contributed by atoms with Crippen LogP contribution in [0.25, 0.3) is 0 Å². The highest BCUT2D eigenvalue weighted by atomic mass is 35.5. The lowest BCUT2D eigenvalue weighted by molar-refractivity contribution is -0.384. The Kier molecular flexibility index (Phi) is 4.00. The van der Waals surface area contributed by atoms with Gasteiger partial charge in [-0.15, -0.1) is 0 Å². The Morgan fingerprint density at radius 3 is 2.59 bits per heavy atom. The van der Waals surface area contributed by atoms with E-state index < -0.39 is 23.3 Å². The minimum atomic E-state index is -1.19. The largest absolute Gasteiger partial charge is 0.480 e. The third-order valence-electron chi connectivity index (χ3n) is 1.81. The first-order chi connectivity index (χ1) is 7.91. The van der Waals surface area contributed by atoms with E-state index in [4.69, 9.17) is 16.7 Å². The average Bonchev–Trinajstić information content (AvgIpc) is 2.25. The second-order valence-electron chi connectivity index (χ2n) is 3.00.